The van der Waals surface area contributed by atoms with Crippen molar-refractivity contribution in [2.45, 2.75) is 20.0 Å². The van der Waals surface area contributed by atoms with E-state index in [9.17, 15) is 19.3 Å². The van der Waals surface area contributed by atoms with Crippen molar-refractivity contribution >= 4 is 34.6 Å². The molecule has 0 heterocycles. The van der Waals surface area contributed by atoms with Crippen LogP contribution in [0.2, 0.25) is 0 Å². The zero-order valence-corrected chi connectivity index (χ0v) is 14.8. The quantitative estimate of drug-likeness (QED) is 0.469. The molecule has 0 fully saturated rings. The third kappa shape index (κ3) is 4.96. The number of hydrogen-bond acceptors (Lipinski definition) is 5. The van der Waals surface area contributed by atoms with E-state index in [-0.39, 0.29) is 28.2 Å². The fraction of sp³-hybridized carbons (Fsp3) is 0.176. The Labute approximate surface area is 154 Å². The molecule has 0 aromatic heterocycles. The molecule has 2 aromatic carbocycles. The van der Waals surface area contributed by atoms with E-state index in [0.29, 0.717) is 5.75 Å². The van der Waals surface area contributed by atoms with Crippen LogP contribution in [0.25, 0.3) is 0 Å². The molecule has 0 aliphatic heterocycles. The van der Waals surface area contributed by atoms with Crippen LogP contribution in [0.1, 0.15) is 24.2 Å². The molecule has 0 saturated heterocycles. The van der Waals surface area contributed by atoms with Gasteiger partial charge in [0.25, 0.3) is 11.6 Å². The number of halogens is 1. The van der Waals surface area contributed by atoms with Gasteiger partial charge in [0.05, 0.1) is 22.3 Å². The lowest BCUT2D eigenvalue weighted by Gasteiger charge is -2.15. The molecule has 0 aliphatic carbocycles. The van der Waals surface area contributed by atoms with E-state index in [1.54, 1.807) is 24.3 Å². The highest BCUT2D eigenvalue weighted by atomic mass is 32.1. The number of para-hydroxylation sites is 1. The SMILES string of the molecule is CC(C)Oc1ccccc1C(=O)NC(=S)Nc1cc([N+](=O)[O-])ccc1F. The van der Waals surface area contributed by atoms with E-state index in [1.807, 2.05) is 13.8 Å². The van der Waals surface area contributed by atoms with Gasteiger partial charge in [0, 0.05) is 12.1 Å². The number of nitro benzene ring substituents is 1. The van der Waals surface area contributed by atoms with Crippen molar-refractivity contribution in [3.8, 4) is 5.75 Å². The first-order valence-electron chi connectivity index (χ1n) is 7.60. The van der Waals surface area contributed by atoms with Gasteiger partial charge in [-0.05, 0) is 44.3 Å². The van der Waals surface area contributed by atoms with Crippen LogP contribution in [-0.4, -0.2) is 22.0 Å². The first kappa shape index (κ1) is 19.3. The Morgan fingerprint density at radius 2 is 1.96 bits per heavy atom. The zero-order chi connectivity index (χ0) is 19.3. The molecule has 2 aromatic rings. The number of anilines is 1. The average molecular weight is 377 g/mol. The van der Waals surface area contributed by atoms with Crippen LogP contribution in [0.3, 0.4) is 0 Å². The van der Waals surface area contributed by atoms with Gasteiger partial charge in [-0.25, -0.2) is 4.39 Å². The van der Waals surface area contributed by atoms with E-state index in [1.165, 1.54) is 0 Å². The topological polar surface area (TPSA) is 93.5 Å². The second-order valence-corrected chi connectivity index (χ2v) is 5.90. The minimum Gasteiger partial charge on any atom is -0.490 e. The van der Waals surface area contributed by atoms with E-state index in [4.69, 9.17) is 17.0 Å². The largest absolute Gasteiger partial charge is 0.490 e. The molecule has 0 atom stereocenters. The summed E-state index contributed by atoms with van der Waals surface area (Å²) in [6, 6.07) is 9.56. The fourth-order valence-electron chi connectivity index (χ4n) is 2.06. The van der Waals surface area contributed by atoms with Crippen LogP contribution in [0, 0.1) is 15.9 Å². The molecule has 0 bridgehead atoms. The number of thiocarbonyl (C=S) groups is 1. The molecule has 7 nitrogen and oxygen atoms in total. The molecule has 0 unspecified atom stereocenters. The monoisotopic (exact) mass is 377 g/mol. The molecular formula is C17H16FN3O4S. The summed E-state index contributed by atoms with van der Waals surface area (Å²) < 4.78 is 19.4. The molecule has 0 spiro atoms. The van der Waals surface area contributed by atoms with Crippen LogP contribution in [0.4, 0.5) is 15.8 Å². The summed E-state index contributed by atoms with van der Waals surface area (Å²) in [4.78, 5) is 22.5. The number of benzene rings is 2. The average Bonchev–Trinajstić information content (AvgIpc) is 2.56. The molecule has 0 saturated carbocycles. The maximum absolute atomic E-state index is 13.8. The van der Waals surface area contributed by atoms with Gasteiger partial charge in [-0.3, -0.25) is 20.2 Å². The number of amides is 1. The molecule has 9 heteroatoms. The van der Waals surface area contributed by atoms with Crippen LogP contribution < -0.4 is 15.4 Å². The second kappa shape index (κ2) is 8.34. The van der Waals surface area contributed by atoms with Crippen LogP contribution in [-0.2, 0) is 0 Å². The highest BCUT2D eigenvalue weighted by molar-refractivity contribution is 7.80. The number of carbonyl (C=O) groups excluding carboxylic acids is 1. The number of nitrogens with zero attached hydrogens (tertiary/aromatic N) is 1. The Bertz CT molecular complexity index is 858. The molecule has 0 radical (unpaired) electrons. The Morgan fingerprint density at radius 3 is 2.62 bits per heavy atom. The lowest BCUT2D eigenvalue weighted by Crippen LogP contribution is -2.34. The van der Waals surface area contributed by atoms with E-state index >= 15 is 0 Å². The summed E-state index contributed by atoms with van der Waals surface area (Å²) in [6.45, 7) is 3.65. The molecule has 2 N–H and O–H groups in total. The number of hydrogen-bond donors (Lipinski definition) is 2. The van der Waals surface area contributed by atoms with Gasteiger partial charge in [-0.1, -0.05) is 12.1 Å². The van der Waals surface area contributed by atoms with Crippen molar-refractivity contribution in [2.24, 2.45) is 0 Å². The van der Waals surface area contributed by atoms with Gasteiger partial charge in [0.2, 0.25) is 0 Å². The molecule has 136 valence electrons. The van der Waals surface area contributed by atoms with E-state index in [0.717, 1.165) is 18.2 Å². The van der Waals surface area contributed by atoms with Crippen molar-refractivity contribution in [1.82, 2.24) is 5.32 Å². The Morgan fingerprint density at radius 1 is 1.27 bits per heavy atom. The van der Waals surface area contributed by atoms with Crippen LogP contribution >= 0.6 is 12.2 Å². The fourth-order valence-corrected chi connectivity index (χ4v) is 2.26. The van der Waals surface area contributed by atoms with Gasteiger partial charge in [0.15, 0.2) is 5.11 Å². The molecule has 26 heavy (non-hydrogen) atoms. The van der Waals surface area contributed by atoms with Crippen LogP contribution in [0.5, 0.6) is 5.75 Å². The van der Waals surface area contributed by atoms with Crippen molar-refractivity contribution in [3.05, 3.63) is 64.0 Å². The smallest absolute Gasteiger partial charge is 0.271 e. The summed E-state index contributed by atoms with van der Waals surface area (Å²) in [5, 5.41) is 15.4. The van der Waals surface area contributed by atoms with Gasteiger partial charge in [0.1, 0.15) is 11.6 Å². The van der Waals surface area contributed by atoms with Crippen molar-refractivity contribution in [2.75, 3.05) is 5.32 Å². The molecule has 1 amide bonds. The van der Waals surface area contributed by atoms with Gasteiger partial charge >= 0.3 is 0 Å². The summed E-state index contributed by atoms with van der Waals surface area (Å²) in [6.07, 6.45) is -0.131. The number of ether oxygens (including phenoxy) is 1. The molecule has 0 aliphatic rings. The first-order valence-corrected chi connectivity index (χ1v) is 8.00. The number of rotatable bonds is 5. The number of nitrogens with one attached hydrogen (secondary N) is 2. The molecule has 2 rings (SSSR count). The second-order valence-electron chi connectivity index (χ2n) is 5.49. The highest BCUT2D eigenvalue weighted by Crippen LogP contribution is 2.22. The van der Waals surface area contributed by atoms with Crippen LogP contribution in [0.15, 0.2) is 42.5 Å². The Kier molecular flexibility index (Phi) is 6.18. The van der Waals surface area contributed by atoms with Gasteiger partial charge < -0.3 is 10.1 Å². The van der Waals surface area contributed by atoms with Gasteiger partial charge in [-0.15, -0.1) is 0 Å². The number of nitro groups is 1. The van der Waals surface area contributed by atoms with Crippen molar-refractivity contribution < 1.29 is 18.8 Å². The number of non-ortho nitro benzene ring substituents is 1. The molecular weight excluding hydrogens is 361 g/mol. The first-order chi connectivity index (χ1) is 12.3. The maximum atomic E-state index is 13.8. The predicted molar refractivity (Wildman–Crippen MR) is 98.9 cm³/mol. The summed E-state index contributed by atoms with van der Waals surface area (Å²) in [5.41, 5.74) is -0.264. The van der Waals surface area contributed by atoms with Crippen molar-refractivity contribution in [1.29, 1.82) is 0 Å². The maximum Gasteiger partial charge on any atom is 0.271 e. The Hall–Kier alpha value is -3.07. The minimum absolute atomic E-state index is 0.131. The zero-order valence-electron chi connectivity index (χ0n) is 14.0. The van der Waals surface area contributed by atoms with E-state index in [2.05, 4.69) is 10.6 Å². The third-order valence-electron chi connectivity index (χ3n) is 3.13. The summed E-state index contributed by atoms with van der Waals surface area (Å²) >= 11 is 4.99. The Balaban J connectivity index is 2.12. The third-order valence-corrected chi connectivity index (χ3v) is 3.33. The number of carbonyl (C=O) groups is 1. The lowest BCUT2D eigenvalue weighted by atomic mass is 10.2. The highest BCUT2D eigenvalue weighted by Gasteiger charge is 2.16. The lowest BCUT2D eigenvalue weighted by molar-refractivity contribution is -0.384. The summed E-state index contributed by atoms with van der Waals surface area (Å²) in [7, 11) is 0. The minimum atomic E-state index is -0.740. The van der Waals surface area contributed by atoms with Crippen molar-refractivity contribution in [3.63, 3.8) is 0 Å². The predicted octanol–water partition coefficient (Wildman–Crippen LogP) is 3.65. The normalized spacial score (nSPS) is 10.3. The van der Waals surface area contributed by atoms with E-state index < -0.39 is 16.6 Å². The standard InChI is InChI=1S/C17H16FN3O4S/c1-10(2)25-15-6-4-3-5-12(15)16(22)20-17(26)19-14-9-11(21(23)24)7-8-13(14)18/h3-10H,1-2H3,(H2,19,20,22,26). The van der Waals surface area contributed by atoms with Gasteiger partial charge in [-0.2, -0.15) is 0 Å². The summed E-state index contributed by atoms with van der Waals surface area (Å²) in [5.74, 6) is -0.912.